The van der Waals surface area contributed by atoms with Gasteiger partial charge >= 0.3 is 0 Å². The zero-order chi connectivity index (χ0) is 12.7. The molecule has 0 aromatic heterocycles. The molecule has 96 valence electrons. The molecule has 0 spiro atoms. The maximum Gasteiger partial charge on any atom is 0.118 e. The highest BCUT2D eigenvalue weighted by atomic mass is 35.5. The topological polar surface area (TPSA) is 9.23 Å². The van der Waals surface area contributed by atoms with E-state index in [4.69, 9.17) is 16.3 Å². The first kappa shape index (κ1) is 14.4. The Balaban J connectivity index is 2.48. The Morgan fingerprint density at radius 2 is 1.76 bits per heavy atom. The smallest absolute Gasteiger partial charge is 0.118 e. The van der Waals surface area contributed by atoms with E-state index < -0.39 is 0 Å². The second-order valence-corrected chi connectivity index (χ2v) is 5.35. The fourth-order valence-electron chi connectivity index (χ4n) is 1.90. The van der Waals surface area contributed by atoms with Gasteiger partial charge in [-0.3, -0.25) is 0 Å². The van der Waals surface area contributed by atoms with E-state index in [1.165, 1.54) is 18.4 Å². The summed E-state index contributed by atoms with van der Waals surface area (Å²) in [5.74, 6) is 3.01. The Morgan fingerprint density at radius 1 is 1.12 bits per heavy atom. The second kappa shape index (κ2) is 7.60. The molecule has 0 amide bonds. The van der Waals surface area contributed by atoms with Crippen LogP contribution in [-0.4, -0.2) is 13.0 Å². The summed E-state index contributed by atoms with van der Waals surface area (Å²) in [5, 5.41) is 0. The van der Waals surface area contributed by atoms with Crippen LogP contribution in [0.2, 0.25) is 0 Å². The lowest BCUT2D eigenvalue weighted by molar-refractivity contribution is 0.414. The van der Waals surface area contributed by atoms with E-state index in [2.05, 4.69) is 26.0 Å². The van der Waals surface area contributed by atoms with Crippen LogP contribution < -0.4 is 4.74 Å². The average molecular weight is 255 g/mol. The number of alkyl halides is 1. The summed E-state index contributed by atoms with van der Waals surface area (Å²) >= 11 is 6.03. The molecule has 0 N–H and O–H groups in total. The molecule has 0 saturated heterocycles. The third-order valence-corrected chi connectivity index (χ3v) is 3.49. The Bertz CT molecular complexity index is 305. The monoisotopic (exact) mass is 254 g/mol. The minimum atomic E-state index is 0.590. The van der Waals surface area contributed by atoms with Gasteiger partial charge in [0.15, 0.2) is 0 Å². The minimum absolute atomic E-state index is 0.590. The molecule has 0 aliphatic carbocycles. The summed E-state index contributed by atoms with van der Waals surface area (Å²) in [5.41, 5.74) is 1.35. The summed E-state index contributed by atoms with van der Waals surface area (Å²) in [6.07, 6.45) is 3.54. The highest BCUT2D eigenvalue weighted by Crippen LogP contribution is 2.20. The number of halogens is 1. The van der Waals surface area contributed by atoms with Crippen LogP contribution in [-0.2, 0) is 6.42 Å². The molecular weight excluding hydrogens is 232 g/mol. The molecule has 1 nitrogen and oxygen atoms in total. The fourth-order valence-corrected chi connectivity index (χ4v) is 2.16. The number of ether oxygens (including phenoxy) is 1. The Morgan fingerprint density at radius 3 is 2.24 bits per heavy atom. The molecule has 0 aliphatic heterocycles. The van der Waals surface area contributed by atoms with Crippen LogP contribution in [0, 0.1) is 11.8 Å². The van der Waals surface area contributed by atoms with Crippen LogP contribution in [0.15, 0.2) is 24.3 Å². The van der Waals surface area contributed by atoms with Gasteiger partial charge in [-0.1, -0.05) is 32.4 Å². The molecule has 0 bridgehead atoms. The van der Waals surface area contributed by atoms with Crippen molar-refractivity contribution in [3.05, 3.63) is 29.8 Å². The first-order valence-corrected chi connectivity index (χ1v) is 6.88. The van der Waals surface area contributed by atoms with Gasteiger partial charge in [0.25, 0.3) is 0 Å². The van der Waals surface area contributed by atoms with E-state index in [-0.39, 0.29) is 0 Å². The van der Waals surface area contributed by atoms with Crippen molar-refractivity contribution in [2.45, 2.75) is 33.1 Å². The van der Waals surface area contributed by atoms with Gasteiger partial charge in [0.2, 0.25) is 0 Å². The van der Waals surface area contributed by atoms with Crippen LogP contribution in [0.5, 0.6) is 5.75 Å². The van der Waals surface area contributed by atoms with E-state index >= 15 is 0 Å². The number of rotatable bonds is 7. The maximum atomic E-state index is 6.03. The summed E-state index contributed by atoms with van der Waals surface area (Å²) in [6, 6.07) is 8.30. The van der Waals surface area contributed by atoms with E-state index in [9.17, 15) is 0 Å². The predicted molar refractivity (Wildman–Crippen MR) is 75.0 cm³/mol. The molecule has 1 aromatic rings. The van der Waals surface area contributed by atoms with Gasteiger partial charge in [-0.25, -0.2) is 0 Å². The zero-order valence-corrected chi connectivity index (χ0v) is 11.8. The molecule has 0 fully saturated rings. The van der Waals surface area contributed by atoms with Gasteiger partial charge in [0.05, 0.1) is 7.11 Å². The van der Waals surface area contributed by atoms with Gasteiger partial charge in [-0.2, -0.15) is 0 Å². The molecular formula is C15H23ClO. The molecule has 1 rings (SSSR count). The van der Waals surface area contributed by atoms with Gasteiger partial charge in [-0.15, -0.1) is 11.6 Å². The zero-order valence-electron chi connectivity index (χ0n) is 11.1. The Hall–Kier alpha value is -0.690. The average Bonchev–Trinajstić information content (AvgIpc) is 2.35. The summed E-state index contributed by atoms with van der Waals surface area (Å²) in [4.78, 5) is 0. The summed E-state index contributed by atoms with van der Waals surface area (Å²) in [6.45, 7) is 4.53. The molecule has 0 aliphatic rings. The van der Waals surface area contributed by atoms with Crippen molar-refractivity contribution in [1.82, 2.24) is 0 Å². The molecule has 0 radical (unpaired) electrons. The van der Waals surface area contributed by atoms with Gasteiger partial charge in [-0.05, 0) is 42.4 Å². The molecule has 1 unspecified atom stereocenters. The molecule has 1 aromatic carbocycles. The van der Waals surface area contributed by atoms with Gasteiger partial charge in [0, 0.05) is 5.88 Å². The lowest BCUT2D eigenvalue weighted by Crippen LogP contribution is -2.08. The fraction of sp³-hybridized carbons (Fsp3) is 0.600. The number of benzene rings is 1. The molecule has 1 atom stereocenters. The number of methoxy groups -OCH3 is 1. The van der Waals surface area contributed by atoms with E-state index in [1.54, 1.807) is 7.11 Å². The minimum Gasteiger partial charge on any atom is -0.497 e. The van der Waals surface area contributed by atoms with Crippen LogP contribution in [0.3, 0.4) is 0 Å². The predicted octanol–water partition coefficient (Wildman–Crippen LogP) is 4.53. The van der Waals surface area contributed by atoms with E-state index in [0.29, 0.717) is 5.92 Å². The first-order chi connectivity index (χ1) is 8.15. The second-order valence-electron chi connectivity index (χ2n) is 5.04. The van der Waals surface area contributed by atoms with E-state index in [0.717, 1.165) is 24.0 Å². The normalized spacial score (nSPS) is 12.8. The Kier molecular flexibility index (Phi) is 6.43. The van der Waals surface area contributed by atoms with Crippen molar-refractivity contribution >= 4 is 11.6 Å². The van der Waals surface area contributed by atoms with Crippen molar-refractivity contribution in [2.24, 2.45) is 11.8 Å². The van der Waals surface area contributed by atoms with Crippen molar-refractivity contribution in [3.63, 3.8) is 0 Å². The SMILES string of the molecule is COc1ccc(CC(CCl)CCC(C)C)cc1. The van der Waals surface area contributed by atoms with Crippen molar-refractivity contribution in [2.75, 3.05) is 13.0 Å². The van der Waals surface area contributed by atoms with Gasteiger partial charge in [0.1, 0.15) is 5.75 Å². The van der Waals surface area contributed by atoms with Crippen LogP contribution in [0.1, 0.15) is 32.3 Å². The molecule has 17 heavy (non-hydrogen) atoms. The van der Waals surface area contributed by atoms with Crippen molar-refractivity contribution in [3.8, 4) is 5.75 Å². The standard InChI is InChI=1S/C15H23ClO/c1-12(2)4-5-14(11-16)10-13-6-8-15(17-3)9-7-13/h6-9,12,14H,4-5,10-11H2,1-3H3. The van der Waals surface area contributed by atoms with E-state index in [1.807, 2.05) is 12.1 Å². The highest BCUT2D eigenvalue weighted by molar-refractivity contribution is 6.18. The highest BCUT2D eigenvalue weighted by Gasteiger charge is 2.09. The maximum absolute atomic E-state index is 6.03. The van der Waals surface area contributed by atoms with Crippen LogP contribution in [0.25, 0.3) is 0 Å². The summed E-state index contributed by atoms with van der Waals surface area (Å²) in [7, 11) is 1.69. The first-order valence-electron chi connectivity index (χ1n) is 6.34. The number of hydrogen-bond acceptors (Lipinski definition) is 1. The van der Waals surface area contributed by atoms with Crippen molar-refractivity contribution < 1.29 is 4.74 Å². The van der Waals surface area contributed by atoms with Gasteiger partial charge < -0.3 is 4.74 Å². The summed E-state index contributed by atoms with van der Waals surface area (Å²) < 4.78 is 5.15. The lowest BCUT2D eigenvalue weighted by atomic mass is 9.93. The quantitative estimate of drug-likeness (QED) is 0.650. The van der Waals surface area contributed by atoms with Crippen LogP contribution in [0.4, 0.5) is 0 Å². The van der Waals surface area contributed by atoms with Crippen molar-refractivity contribution in [1.29, 1.82) is 0 Å². The molecule has 0 saturated carbocycles. The third-order valence-electron chi connectivity index (χ3n) is 3.05. The lowest BCUT2D eigenvalue weighted by Gasteiger charge is -2.15. The third kappa shape index (κ3) is 5.45. The number of hydrogen-bond donors (Lipinski definition) is 0. The molecule has 2 heteroatoms. The van der Waals surface area contributed by atoms with Crippen LogP contribution >= 0.6 is 11.6 Å². The largest absolute Gasteiger partial charge is 0.497 e. The molecule has 0 heterocycles. The Labute approximate surface area is 110 Å².